The number of esters is 3. The molecule has 0 bridgehead atoms. The zero-order valence-electron chi connectivity index (χ0n) is 43.4. The third-order valence-corrected chi connectivity index (χ3v) is 13.3. The van der Waals surface area contributed by atoms with Crippen LogP contribution in [0.15, 0.2) is 0 Å². The van der Waals surface area contributed by atoms with Crippen molar-refractivity contribution in [3.05, 3.63) is 0 Å². The summed E-state index contributed by atoms with van der Waals surface area (Å²) in [7, 11) is 0. The van der Waals surface area contributed by atoms with Gasteiger partial charge in [0, 0.05) is 19.3 Å². The molecule has 0 saturated carbocycles. The highest BCUT2D eigenvalue weighted by Gasteiger charge is 2.19. The molecule has 0 amide bonds. The van der Waals surface area contributed by atoms with E-state index >= 15 is 0 Å². The molecule has 0 heterocycles. The minimum atomic E-state index is -0.764. The quantitative estimate of drug-likeness (QED) is 0.0344. The third kappa shape index (κ3) is 49.7. The smallest absolute Gasteiger partial charge is 0.306 e. The highest BCUT2D eigenvalue weighted by molar-refractivity contribution is 5.71. The van der Waals surface area contributed by atoms with E-state index in [1.165, 1.54) is 193 Å². The van der Waals surface area contributed by atoms with Crippen molar-refractivity contribution in [2.24, 2.45) is 17.8 Å². The summed E-state index contributed by atoms with van der Waals surface area (Å²) in [5, 5.41) is 0. The molecule has 0 N–H and O–H groups in total. The molecule has 0 fully saturated rings. The van der Waals surface area contributed by atoms with E-state index in [0.717, 1.165) is 75.5 Å². The van der Waals surface area contributed by atoms with Crippen LogP contribution in [0.4, 0.5) is 0 Å². The fourth-order valence-electron chi connectivity index (χ4n) is 8.61. The number of ether oxygens (including phenoxy) is 3. The fraction of sp³-hybridized carbons (Fsp3) is 0.947. The second kappa shape index (κ2) is 48.3. The molecule has 0 aliphatic carbocycles. The Hall–Kier alpha value is -1.59. The molecular weight excluding hydrogens is 781 g/mol. The van der Waals surface area contributed by atoms with Gasteiger partial charge in [-0.2, -0.15) is 0 Å². The lowest BCUT2D eigenvalue weighted by atomic mass is 10.00. The first-order chi connectivity index (χ1) is 30.6. The van der Waals surface area contributed by atoms with Crippen molar-refractivity contribution >= 4 is 17.9 Å². The number of hydrogen-bond donors (Lipinski definition) is 0. The number of rotatable bonds is 50. The summed E-state index contributed by atoms with van der Waals surface area (Å²) in [6.45, 7) is 13.7. The Bertz CT molecular complexity index is 978. The largest absolute Gasteiger partial charge is 0.462 e. The zero-order valence-corrected chi connectivity index (χ0v) is 43.4. The van der Waals surface area contributed by atoms with Crippen molar-refractivity contribution in [2.45, 2.75) is 317 Å². The van der Waals surface area contributed by atoms with Crippen molar-refractivity contribution in [1.29, 1.82) is 0 Å². The maximum atomic E-state index is 12.8. The van der Waals surface area contributed by atoms with Gasteiger partial charge in [0.25, 0.3) is 0 Å². The summed E-state index contributed by atoms with van der Waals surface area (Å²) < 4.78 is 16.9. The van der Waals surface area contributed by atoms with E-state index in [1.807, 2.05) is 0 Å². The van der Waals surface area contributed by atoms with Gasteiger partial charge in [-0.25, -0.2) is 0 Å². The van der Waals surface area contributed by atoms with Crippen LogP contribution in [0.3, 0.4) is 0 Å². The highest BCUT2D eigenvalue weighted by Crippen LogP contribution is 2.18. The molecule has 2 atom stereocenters. The monoisotopic (exact) mass is 891 g/mol. The van der Waals surface area contributed by atoms with Gasteiger partial charge in [-0.15, -0.1) is 0 Å². The van der Waals surface area contributed by atoms with Crippen LogP contribution in [-0.4, -0.2) is 37.2 Å². The van der Waals surface area contributed by atoms with Crippen molar-refractivity contribution in [3.8, 4) is 0 Å². The van der Waals surface area contributed by atoms with E-state index < -0.39 is 6.10 Å². The first-order valence-corrected chi connectivity index (χ1v) is 28.1. The second-order valence-corrected chi connectivity index (χ2v) is 20.8. The fourth-order valence-corrected chi connectivity index (χ4v) is 8.61. The normalized spacial score (nSPS) is 12.6. The van der Waals surface area contributed by atoms with Gasteiger partial charge >= 0.3 is 17.9 Å². The highest BCUT2D eigenvalue weighted by atomic mass is 16.6. The van der Waals surface area contributed by atoms with Gasteiger partial charge in [0.2, 0.25) is 0 Å². The number of carbonyl (C=O) groups is 3. The molecule has 1 unspecified atom stereocenters. The molecule has 0 aromatic heterocycles. The third-order valence-electron chi connectivity index (χ3n) is 13.3. The summed E-state index contributed by atoms with van der Waals surface area (Å²) in [4.78, 5) is 38.0. The maximum Gasteiger partial charge on any atom is 0.306 e. The molecular formula is C57H110O6. The Kier molecular flexibility index (Phi) is 47.1. The van der Waals surface area contributed by atoms with Crippen molar-refractivity contribution < 1.29 is 28.6 Å². The zero-order chi connectivity index (χ0) is 46.3. The van der Waals surface area contributed by atoms with E-state index in [1.54, 1.807) is 0 Å². The van der Waals surface area contributed by atoms with E-state index in [0.29, 0.717) is 19.3 Å². The average molecular weight is 892 g/mol. The van der Waals surface area contributed by atoms with Crippen LogP contribution >= 0.6 is 0 Å². The van der Waals surface area contributed by atoms with Crippen molar-refractivity contribution in [1.82, 2.24) is 0 Å². The molecule has 0 rings (SSSR count). The summed E-state index contributed by atoms with van der Waals surface area (Å²) in [5.41, 5.74) is 0. The predicted octanol–water partition coefficient (Wildman–Crippen LogP) is 18.3. The second-order valence-electron chi connectivity index (χ2n) is 20.8. The van der Waals surface area contributed by atoms with E-state index in [2.05, 4.69) is 41.5 Å². The maximum absolute atomic E-state index is 12.8. The summed E-state index contributed by atoms with van der Waals surface area (Å²) in [5.74, 6) is 1.66. The Balaban J connectivity index is 4.26. The van der Waals surface area contributed by atoms with Gasteiger partial charge in [-0.3, -0.25) is 14.4 Å². The summed E-state index contributed by atoms with van der Waals surface area (Å²) in [6.07, 6.45) is 49.5. The predicted molar refractivity (Wildman–Crippen MR) is 270 cm³/mol. The first-order valence-electron chi connectivity index (χ1n) is 28.1. The Morgan fingerprint density at radius 2 is 0.556 bits per heavy atom. The van der Waals surface area contributed by atoms with Crippen LogP contribution in [0, 0.1) is 17.8 Å². The summed E-state index contributed by atoms with van der Waals surface area (Å²) >= 11 is 0. The molecule has 0 aliphatic heterocycles. The van der Waals surface area contributed by atoms with E-state index in [-0.39, 0.29) is 31.1 Å². The van der Waals surface area contributed by atoms with Crippen LogP contribution in [0.25, 0.3) is 0 Å². The van der Waals surface area contributed by atoms with Crippen molar-refractivity contribution in [2.75, 3.05) is 13.2 Å². The lowest BCUT2D eigenvalue weighted by molar-refractivity contribution is -0.167. The van der Waals surface area contributed by atoms with Crippen LogP contribution < -0.4 is 0 Å². The molecule has 0 aromatic rings. The van der Waals surface area contributed by atoms with Gasteiger partial charge in [-0.1, -0.05) is 273 Å². The lowest BCUT2D eigenvalue weighted by Crippen LogP contribution is -2.30. The van der Waals surface area contributed by atoms with E-state index in [9.17, 15) is 14.4 Å². The Morgan fingerprint density at radius 3 is 0.825 bits per heavy atom. The number of hydrogen-bond acceptors (Lipinski definition) is 6. The molecule has 0 aromatic carbocycles. The number of unbranched alkanes of at least 4 members (excludes halogenated alkanes) is 32. The topological polar surface area (TPSA) is 78.9 Å². The Morgan fingerprint density at radius 1 is 0.317 bits per heavy atom. The van der Waals surface area contributed by atoms with Crippen LogP contribution in [-0.2, 0) is 28.6 Å². The minimum Gasteiger partial charge on any atom is -0.462 e. The average Bonchev–Trinajstić information content (AvgIpc) is 3.25. The minimum absolute atomic E-state index is 0.0644. The molecule has 374 valence electrons. The SMILES string of the molecule is CCC(C)CCCCCCCCC(=O)OC[C@@H](COC(=O)CCCCCCCCCCCCCCCCCC(C)C)OC(=O)CCCCCCCCCCCCCCCCC(C)C. The van der Waals surface area contributed by atoms with Gasteiger partial charge in [0.05, 0.1) is 0 Å². The van der Waals surface area contributed by atoms with Crippen LogP contribution in [0.2, 0.25) is 0 Å². The van der Waals surface area contributed by atoms with Gasteiger partial charge in [-0.05, 0) is 37.0 Å². The standard InChI is InChI=1S/C57H110O6/c1-7-53(6)45-39-33-29-30-35-41-47-56(59)62-50-54(63-57(60)48-42-36-28-24-20-16-12-11-14-18-22-26-32-38-44-52(4)5)49-61-55(58)46-40-34-27-23-19-15-10-8-9-13-17-21-25-31-37-43-51(2)3/h51-54H,7-50H2,1-6H3/t53?,54-/m1/s1. The van der Waals surface area contributed by atoms with Crippen molar-refractivity contribution in [3.63, 3.8) is 0 Å². The molecule has 0 radical (unpaired) electrons. The molecule has 0 aliphatic rings. The molecule has 0 spiro atoms. The molecule has 63 heavy (non-hydrogen) atoms. The van der Waals surface area contributed by atoms with Crippen LogP contribution in [0.1, 0.15) is 311 Å². The molecule has 6 nitrogen and oxygen atoms in total. The van der Waals surface area contributed by atoms with Crippen LogP contribution in [0.5, 0.6) is 0 Å². The molecule has 0 saturated heterocycles. The van der Waals surface area contributed by atoms with Gasteiger partial charge in [0.1, 0.15) is 13.2 Å². The van der Waals surface area contributed by atoms with Gasteiger partial charge < -0.3 is 14.2 Å². The molecule has 6 heteroatoms. The Labute approximate surface area is 393 Å². The summed E-state index contributed by atoms with van der Waals surface area (Å²) in [6, 6.07) is 0. The lowest BCUT2D eigenvalue weighted by Gasteiger charge is -2.18. The van der Waals surface area contributed by atoms with E-state index in [4.69, 9.17) is 14.2 Å². The number of carbonyl (C=O) groups excluding carboxylic acids is 3. The van der Waals surface area contributed by atoms with Gasteiger partial charge in [0.15, 0.2) is 6.10 Å². The first kappa shape index (κ1) is 61.4.